The molecule has 1 aliphatic heterocycles. The lowest BCUT2D eigenvalue weighted by Crippen LogP contribution is -2.74. The van der Waals surface area contributed by atoms with Crippen LogP contribution < -0.4 is 5.32 Å². The molecule has 0 aromatic carbocycles. The average molecular weight is 412 g/mol. The first-order valence-electron chi connectivity index (χ1n) is 8.86. The summed E-state index contributed by atoms with van der Waals surface area (Å²) in [6.45, 7) is -1.04. The fourth-order valence-electron chi connectivity index (χ4n) is 3.28. The number of aliphatic hydroxyl groups excluding tert-OH is 3. The molecule has 0 radical (unpaired) electrons. The largest absolute Gasteiger partial charge is 0.393 e. The minimum Gasteiger partial charge on any atom is -0.393 e. The van der Waals surface area contributed by atoms with E-state index in [9.17, 15) is 30.1 Å². The molecular weight excluding hydrogens is 386 g/mol. The highest BCUT2D eigenvalue weighted by molar-refractivity contribution is 6.18. The van der Waals surface area contributed by atoms with Crippen molar-refractivity contribution in [2.24, 2.45) is 5.29 Å². The van der Waals surface area contributed by atoms with Gasteiger partial charge in [-0.05, 0) is 12.8 Å². The number of halogens is 1. The van der Waals surface area contributed by atoms with Crippen molar-refractivity contribution in [1.29, 1.82) is 0 Å². The number of carbonyl (C=O) groups is 1. The average Bonchev–Trinajstić information content (AvgIpc) is 2.67. The third-order valence-electron chi connectivity index (χ3n) is 4.82. The molecule has 0 bridgehead atoms. The Hall–Kier alpha value is -1.08. The van der Waals surface area contributed by atoms with Crippen LogP contribution in [0.15, 0.2) is 5.29 Å². The Morgan fingerprint density at radius 1 is 1.33 bits per heavy atom. The van der Waals surface area contributed by atoms with Crippen LogP contribution in [0.25, 0.3) is 0 Å². The van der Waals surface area contributed by atoms with E-state index in [4.69, 9.17) is 21.1 Å². The number of aliphatic hydroxyl groups is 4. The molecule has 156 valence electrons. The Morgan fingerprint density at radius 3 is 2.56 bits per heavy atom. The highest BCUT2D eigenvalue weighted by atomic mass is 35.5. The van der Waals surface area contributed by atoms with E-state index >= 15 is 0 Å². The normalized spacial score (nSPS) is 34.9. The van der Waals surface area contributed by atoms with Crippen LogP contribution in [-0.2, 0) is 9.47 Å². The second-order valence-electron chi connectivity index (χ2n) is 6.66. The van der Waals surface area contributed by atoms with Crippen LogP contribution in [0.2, 0.25) is 0 Å². The number of ether oxygens (including phenoxy) is 2. The standard InChI is InChI=1S/C15H26ClN3O8/c16-6-7-19(18-25)14(23)17-15(24)10(8-20)27-13(11(21)12(15)22)26-9-4-2-1-3-5-9/h9-13,20-22,24H,1-8H2,(H,17,23)/t10-,11-,12-,13+,15+/m1/s1. The summed E-state index contributed by atoms with van der Waals surface area (Å²) in [5.74, 6) is -0.0972. The summed E-state index contributed by atoms with van der Waals surface area (Å²) in [5.41, 5.74) is -2.58. The lowest BCUT2D eigenvalue weighted by atomic mass is 9.91. The first kappa shape index (κ1) is 22.2. The molecule has 0 aromatic rings. The molecule has 5 atom stereocenters. The molecule has 0 spiro atoms. The van der Waals surface area contributed by atoms with Crippen LogP contribution in [-0.4, -0.2) is 86.9 Å². The highest BCUT2D eigenvalue weighted by Gasteiger charge is 2.56. The molecule has 11 nitrogen and oxygen atoms in total. The van der Waals surface area contributed by atoms with E-state index in [2.05, 4.69) is 5.29 Å². The number of alkyl halides is 1. The molecule has 1 saturated carbocycles. The van der Waals surface area contributed by atoms with Crippen molar-refractivity contribution in [3.8, 4) is 0 Å². The van der Waals surface area contributed by atoms with Crippen LogP contribution in [0.3, 0.4) is 0 Å². The zero-order valence-corrected chi connectivity index (χ0v) is 15.5. The summed E-state index contributed by atoms with van der Waals surface area (Å²) >= 11 is 5.46. The Morgan fingerprint density at radius 2 is 2.00 bits per heavy atom. The van der Waals surface area contributed by atoms with E-state index in [-0.39, 0.29) is 18.5 Å². The third kappa shape index (κ3) is 5.05. The number of nitrogens with one attached hydrogen (secondary N) is 1. The summed E-state index contributed by atoms with van der Waals surface area (Å²) in [4.78, 5) is 22.8. The predicted molar refractivity (Wildman–Crippen MR) is 92.4 cm³/mol. The molecule has 2 aliphatic rings. The van der Waals surface area contributed by atoms with Crippen molar-refractivity contribution in [1.82, 2.24) is 10.3 Å². The minimum absolute atomic E-state index is 0.0972. The molecule has 2 amide bonds. The zero-order valence-electron chi connectivity index (χ0n) is 14.7. The molecule has 2 rings (SSSR count). The number of hydrogen-bond acceptors (Lipinski definition) is 9. The second kappa shape index (κ2) is 9.92. The Bertz CT molecular complexity index is 505. The molecule has 12 heteroatoms. The van der Waals surface area contributed by atoms with Gasteiger partial charge in [0.05, 0.1) is 24.5 Å². The van der Waals surface area contributed by atoms with Crippen LogP contribution in [0.5, 0.6) is 0 Å². The van der Waals surface area contributed by atoms with Gasteiger partial charge in [0.1, 0.15) is 18.3 Å². The van der Waals surface area contributed by atoms with E-state index in [0.29, 0.717) is 5.01 Å². The maximum atomic E-state index is 12.1. The number of urea groups is 1. The van der Waals surface area contributed by atoms with Gasteiger partial charge < -0.3 is 35.2 Å². The highest BCUT2D eigenvalue weighted by Crippen LogP contribution is 2.31. The van der Waals surface area contributed by atoms with Crippen LogP contribution >= 0.6 is 11.6 Å². The number of amides is 2. The van der Waals surface area contributed by atoms with Gasteiger partial charge in [0.2, 0.25) is 0 Å². The zero-order chi connectivity index (χ0) is 20.0. The smallest absolute Gasteiger partial charge is 0.342 e. The van der Waals surface area contributed by atoms with E-state index in [1.807, 2.05) is 5.32 Å². The van der Waals surface area contributed by atoms with Gasteiger partial charge in [-0.25, -0.2) is 4.79 Å². The molecule has 0 aromatic heterocycles. The van der Waals surface area contributed by atoms with Crippen molar-refractivity contribution in [3.05, 3.63) is 4.91 Å². The molecule has 0 unspecified atom stereocenters. The predicted octanol–water partition coefficient (Wildman–Crippen LogP) is -0.605. The summed E-state index contributed by atoms with van der Waals surface area (Å²) in [6, 6.07) is -1.17. The number of hydrogen-bond donors (Lipinski definition) is 5. The number of carbonyl (C=O) groups excluding carboxylic acids is 1. The quantitative estimate of drug-likeness (QED) is 0.160. The van der Waals surface area contributed by atoms with Crippen molar-refractivity contribution >= 4 is 17.6 Å². The topological polar surface area (TPSA) is 161 Å². The van der Waals surface area contributed by atoms with E-state index in [1.165, 1.54) is 0 Å². The SMILES string of the molecule is O=NN(CCCl)C(=O)N[C@@]1(O)[C@H](O)[C@@H](O)[C@@H](OC2CCCCC2)O[C@@H]1CO. The summed E-state index contributed by atoms with van der Waals surface area (Å²) in [5, 5.41) is 45.8. The van der Waals surface area contributed by atoms with Gasteiger partial charge in [0.15, 0.2) is 12.0 Å². The molecule has 1 aliphatic carbocycles. The number of rotatable bonds is 7. The van der Waals surface area contributed by atoms with Gasteiger partial charge in [-0.3, -0.25) is 0 Å². The van der Waals surface area contributed by atoms with Crippen molar-refractivity contribution in [3.63, 3.8) is 0 Å². The van der Waals surface area contributed by atoms with Gasteiger partial charge in [-0.15, -0.1) is 16.5 Å². The maximum absolute atomic E-state index is 12.1. The van der Waals surface area contributed by atoms with Crippen molar-refractivity contribution in [2.45, 2.75) is 68.5 Å². The molecule has 2 fully saturated rings. The first-order chi connectivity index (χ1) is 12.9. The van der Waals surface area contributed by atoms with Gasteiger partial charge >= 0.3 is 6.03 Å². The maximum Gasteiger partial charge on any atom is 0.342 e. The third-order valence-corrected chi connectivity index (χ3v) is 4.99. The van der Waals surface area contributed by atoms with E-state index in [1.54, 1.807) is 0 Å². The minimum atomic E-state index is -2.58. The number of nitrogens with zero attached hydrogens (tertiary/aromatic N) is 2. The van der Waals surface area contributed by atoms with Gasteiger partial charge in [-0.1, -0.05) is 19.3 Å². The Balaban J connectivity index is 2.10. The molecule has 5 N–H and O–H groups in total. The molecular formula is C15H26ClN3O8. The summed E-state index contributed by atoms with van der Waals surface area (Å²) in [7, 11) is 0. The van der Waals surface area contributed by atoms with E-state index < -0.39 is 43.0 Å². The fourth-order valence-corrected chi connectivity index (χ4v) is 3.44. The lowest BCUT2D eigenvalue weighted by Gasteiger charge is -2.48. The van der Waals surface area contributed by atoms with Crippen molar-refractivity contribution in [2.75, 3.05) is 19.0 Å². The van der Waals surface area contributed by atoms with Gasteiger partial charge in [0.25, 0.3) is 0 Å². The molecule has 27 heavy (non-hydrogen) atoms. The molecule has 1 heterocycles. The monoisotopic (exact) mass is 411 g/mol. The Labute approximate surface area is 161 Å². The second-order valence-corrected chi connectivity index (χ2v) is 7.03. The first-order valence-corrected chi connectivity index (χ1v) is 9.40. The number of nitroso groups, excluding NO2 is 1. The van der Waals surface area contributed by atoms with E-state index in [0.717, 1.165) is 32.1 Å². The molecule has 1 saturated heterocycles. The van der Waals surface area contributed by atoms with Crippen molar-refractivity contribution < 1.29 is 34.7 Å². The van der Waals surface area contributed by atoms with Crippen LogP contribution in [0, 0.1) is 4.91 Å². The van der Waals surface area contributed by atoms with Gasteiger partial charge in [0, 0.05) is 5.88 Å². The Kier molecular flexibility index (Phi) is 8.16. The summed E-state index contributed by atoms with van der Waals surface area (Å²) < 4.78 is 11.1. The fraction of sp³-hybridized carbons (Fsp3) is 0.933. The summed E-state index contributed by atoms with van der Waals surface area (Å²) in [6.07, 6.45) is -2.08. The van der Waals surface area contributed by atoms with Gasteiger partial charge in [-0.2, -0.15) is 5.01 Å². The van der Waals surface area contributed by atoms with Crippen LogP contribution in [0.4, 0.5) is 4.79 Å². The van der Waals surface area contributed by atoms with Crippen LogP contribution in [0.1, 0.15) is 32.1 Å². The lowest BCUT2D eigenvalue weighted by molar-refractivity contribution is -0.344.